The van der Waals surface area contributed by atoms with Gasteiger partial charge in [0.2, 0.25) is 0 Å². The van der Waals surface area contributed by atoms with Crippen LogP contribution in [0.5, 0.6) is 5.75 Å². The lowest BCUT2D eigenvalue weighted by atomic mass is 9.99. The van der Waals surface area contributed by atoms with Gasteiger partial charge in [-0.3, -0.25) is 0 Å². The highest BCUT2D eigenvalue weighted by Crippen LogP contribution is 2.30. The van der Waals surface area contributed by atoms with Gasteiger partial charge in [-0.15, -0.1) is 0 Å². The fraction of sp³-hybridized carbons (Fsp3) is 0.400. The van der Waals surface area contributed by atoms with Crippen LogP contribution < -0.4 is 5.73 Å². The average Bonchev–Trinajstić information content (AvgIpc) is 2.12. The molecule has 1 aromatic rings. The van der Waals surface area contributed by atoms with E-state index in [0.29, 0.717) is 12.0 Å². The van der Waals surface area contributed by atoms with Crippen molar-refractivity contribution < 1.29 is 9.50 Å². The number of benzene rings is 1. The average molecular weight is 183 g/mol. The van der Waals surface area contributed by atoms with Gasteiger partial charge in [-0.2, -0.15) is 0 Å². The van der Waals surface area contributed by atoms with Crippen LogP contribution in [0.4, 0.5) is 4.39 Å². The number of halogens is 1. The Morgan fingerprint density at radius 2 is 2.15 bits per heavy atom. The second-order valence-corrected chi connectivity index (χ2v) is 3.14. The Labute approximate surface area is 77.2 Å². The third-order valence-electron chi connectivity index (χ3n) is 2.20. The number of rotatable bonds is 2. The third kappa shape index (κ3) is 1.80. The molecule has 0 saturated carbocycles. The van der Waals surface area contributed by atoms with Crippen LogP contribution in [-0.4, -0.2) is 5.11 Å². The van der Waals surface area contributed by atoms with Crippen LogP contribution in [0.3, 0.4) is 0 Å². The number of phenols is 1. The molecule has 1 rings (SSSR count). The molecular formula is C10H14FNO. The van der Waals surface area contributed by atoms with Crippen molar-refractivity contribution in [1.29, 1.82) is 0 Å². The molecule has 0 radical (unpaired) electrons. The molecule has 0 aliphatic carbocycles. The summed E-state index contributed by atoms with van der Waals surface area (Å²) in [6.45, 7) is 3.71. The number of aryl methyl sites for hydroxylation is 1. The predicted octanol–water partition coefficient (Wildman–Crippen LogP) is 2.25. The molecular weight excluding hydrogens is 169 g/mol. The maximum Gasteiger partial charge on any atom is 0.165 e. The van der Waals surface area contributed by atoms with Gasteiger partial charge in [0.1, 0.15) is 0 Å². The second-order valence-electron chi connectivity index (χ2n) is 3.14. The van der Waals surface area contributed by atoms with E-state index in [1.807, 2.05) is 13.8 Å². The van der Waals surface area contributed by atoms with E-state index in [0.717, 1.165) is 5.56 Å². The molecule has 72 valence electrons. The second kappa shape index (κ2) is 3.75. The number of aromatic hydroxyl groups is 1. The van der Waals surface area contributed by atoms with E-state index in [2.05, 4.69) is 0 Å². The maximum absolute atomic E-state index is 13.0. The lowest BCUT2D eigenvalue weighted by Gasteiger charge is -2.14. The smallest absolute Gasteiger partial charge is 0.165 e. The summed E-state index contributed by atoms with van der Waals surface area (Å²) in [6.07, 6.45) is 0.678. The number of hydrogen-bond acceptors (Lipinski definition) is 2. The zero-order chi connectivity index (χ0) is 10.0. The first-order valence-electron chi connectivity index (χ1n) is 4.31. The minimum Gasteiger partial charge on any atom is -0.505 e. The van der Waals surface area contributed by atoms with E-state index < -0.39 is 5.82 Å². The summed E-state index contributed by atoms with van der Waals surface area (Å²) in [7, 11) is 0. The highest BCUT2D eigenvalue weighted by atomic mass is 19.1. The van der Waals surface area contributed by atoms with Crippen molar-refractivity contribution in [3.05, 3.63) is 29.1 Å². The van der Waals surface area contributed by atoms with Crippen molar-refractivity contribution in [1.82, 2.24) is 0 Å². The van der Waals surface area contributed by atoms with E-state index in [4.69, 9.17) is 5.73 Å². The monoisotopic (exact) mass is 183 g/mol. The summed E-state index contributed by atoms with van der Waals surface area (Å²) in [6, 6.07) is 2.58. The quantitative estimate of drug-likeness (QED) is 0.738. The molecule has 0 amide bonds. The van der Waals surface area contributed by atoms with Crippen molar-refractivity contribution in [2.24, 2.45) is 5.73 Å². The van der Waals surface area contributed by atoms with Gasteiger partial charge in [-0.1, -0.05) is 13.0 Å². The van der Waals surface area contributed by atoms with Crippen LogP contribution in [0.25, 0.3) is 0 Å². The predicted molar refractivity (Wildman–Crippen MR) is 50.0 cm³/mol. The molecule has 3 N–H and O–H groups in total. The molecule has 0 aliphatic heterocycles. The van der Waals surface area contributed by atoms with E-state index in [1.165, 1.54) is 6.07 Å². The molecule has 0 unspecified atom stereocenters. The van der Waals surface area contributed by atoms with Crippen molar-refractivity contribution in [3.63, 3.8) is 0 Å². The Morgan fingerprint density at radius 1 is 1.54 bits per heavy atom. The fourth-order valence-electron chi connectivity index (χ4n) is 1.35. The van der Waals surface area contributed by atoms with Gasteiger partial charge >= 0.3 is 0 Å². The van der Waals surface area contributed by atoms with Gasteiger partial charge in [-0.25, -0.2) is 4.39 Å². The van der Waals surface area contributed by atoms with E-state index in [9.17, 15) is 9.50 Å². The number of nitrogens with two attached hydrogens (primary N) is 1. The molecule has 0 spiro atoms. The summed E-state index contributed by atoms with van der Waals surface area (Å²) in [5, 5.41) is 9.42. The van der Waals surface area contributed by atoms with E-state index in [-0.39, 0.29) is 11.8 Å². The van der Waals surface area contributed by atoms with Gasteiger partial charge in [0, 0.05) is 11.6 Å². The molecule has 13 heavy (non-hydrogen) atoms. The molecule has 3 heteroatoms. The lowest BCUT2D eigenvalue weighted by Crippen LogP contribution is -2.11. The lowest BCUT2D eigenvalue weighted by molar-refractivity contribution is 0.419. The Kier molecular flexibility index (Phi) is 2.88. The minimum absolute atomic E-state index is 0.296. The van der Waals surface area contributed by atoms with Gasteiger partial charge in [-0.05, 0) is 25.0 Å². The maximum atomic E-state index is 13.0. The molecule has 1 atom stereocenters. The Bertz CT molecular complexity index is 312. The SMILES string of the molecule is CC[C@H](N)c1c(C)ccc(F)c1O. The van der Waals surface area contributed by atoms with Crippen LogP contribution in [0, 0.1) is 12.7 Å². The molecule has 0 bridgehead atoms. The zero-order valence-electron chi connectivity index (χ0n) is 7.84. The van der Waals surface area contributed by atoms with E-state index >= 15 is 0 Å². The molecule has 0 aromatic heterocycles. The Balaban J connectivity index is 3.25. The van der Waals surface area contributed by atoms with Crippen LogP contribution in [0.1, 0.15) is 30.5 Å². The molecule has 0 aliphatic rings. The largest absolute Gasteiger partial charge is 0.505 e. The molecule has 0 saturated heterocycles. The summed E-state index contributed by atoms with van der Waals surface area (Å²) >= 11 is 0. The highest BCUT2D eigenvalue weighted by Gasteiger charge is 2.15. The number of hydrogen-bond donors (Lipinski definition) is 2. The summed E-state index contributed by atoms with van der Waals surface area (Å²) < 4.78 is 13.0. The molecule has 0 heterocycles. The minimum atomic E-state index is -0.607. The normalized spacial score (nSPS) is 12.9. The van der Waals surface area contributed by atoms with Gasteiger partial charge in [0.05, 0.1) is 0 Å². The first kappa shape index (κ1) is 9.99. The van der Waals surface area contributed by atoms with Crippen molar-refractivity contribution in [3.8, 4) is 5.75 Å². The first-order valence-corrected chi connectivity index (χ1v) is 4.31. The van der Waals surface area contributed by atoms with Gasteiger partial charge < -0.3 is 10.8 Å². The van der Waals surface area contributed by atoms with Crippen molar-refractivity contribution >= 4 is 0 Å². The fourth-order valence-corrected chi connectivity index (χ4v) is 1.35. The number of phenolic OH excluding ortho intramolecular Hbond substituents is 1. The van der Waals surface area contributed by atoms with E-state index in [1.54, 1.807) is 6.07 Å². The zero-order valence-corrected chi connectivity index (χ0v) is 7.84. The molecule has 0 fully saturated rings. The summed E-state index contributed by atoms with van der Waals surface area (Å²) in [5.74, 6) is -0.918. The van der Waals surface area contributed by atoms with Crippen LogP contribution in [0.2, 0.25) is 0 Å². The van der Waals surface area contributed by atoms with Crippen LogP contribution in [0.15, 0.2) is 12.1 Å². The Morgan fingerprint density at radius 3 is 2.69 bits per heavy atom. The molecule has 2 nitrogen and oxygen atoms in total. The molecule has 1 aromatic carbocycles. The summed E-state index contributed by atoms with van der Waals surface area (Å²) in [5.41, 5.74) is 7.08. The first-order chi connectivity index (χ1) is 6.07. The van der Waals surface area contributed by atoms with Crippen LogP contribution >= 0.6 is 0 Å². The Hall–Kier alpha value is -1.09. The van der Waals surface area contributed by atoms with Crippen molar-refractivity contribution in [2.75, 3.05) is 0 Å². The third-order valence-corrected chi connectivity index (χ3v) is 2.20. The topological polar surface area (TPSA) is 46.2 Å². The highest BCUT2D eigenvalue weighted by molar-refractivity contribution is 5.41. The van der Waals surface area contributed by atoms with Gasteiger partial charge in [0.15, 0.2) is 11.6 Å². The summed E-state index contributed by atoms with van der Waals surface area (Å²) in [4.78, 5) is 0. The van der Waals surface area contributed by atoms with Gasteiger partial charge in [0.25, 0.3) is 0 Å². The van der Waals surface area contributed by atoms with Crippen molar-refractivity contribution in [2.45, 2.75) is 26.3 Å². The standard InChI is InChI=1S/C10H14FNO/c1-3-8(12)9-6(2)4-5-7(11)10(9)13/h4-5,8,13H,3,12H2,1-2H3/t8-/m0/s1. The van der Waals surface area contributed by atoms with Crippen LogP contribution in [-0.2, 0) is 0 Å².